The Morgan fingerprint density at radius 3 is 2.54 bits per heavy atom. The van der Waals surface area contributed by atoms with Gasteiger partial charge in [-0.15, -0.1) is 0 Å². The van der Waals surface area contributed by atoms with Gasteiger partial charge in [-0.3, -0.25) is 4.79 Å². The van der Waals surface area contributed by atoms with Gasteiger partial charge in [-0.2, -0.15) is 12.6 Å². The summed E-state index contributed by atoms with van der Waals surface area (Å²) in [4.78, 5) is 11.8. The lowest BCUT2D eigenvalue weighted by Crippen LogP contribution is -2.10. The van der Waals surface area contributed by atoms with Crippen molar-refractivity contribution in [3.05, 3.63) is 58.1 Å². The van der Waals surface area contributed by atoms with Crippen LogP contribution in [0.2, 0.25) is 0 Å². The van der Waals surface area contributed by atoms with Gasteiger partial charge in [-0.25, -0.2) is 0 Å². The lowest BCUT2D eigenvalue weighted by atomic mass is 10.0. The number of carbonyl (C=O) groups excluding carboxylic acids is 1. The zero-order valence-corrected chi connectivity index (χ0v) is 16.6. The van der Waals surface area contributed by atoms with Crippen LogP contribution in [0.3, 0.4) is 0 Å². The van der Waals surface area contributed by atoms with Crippen LogP contribution in [0.4, 0.5) is 0 Å². The molecule has 3 nitrogen and oxygen atoms in total. The number of hydrogen-bond donors (Lipinski definition) is 1. The van der Waals surface area contributed by atoms with E-state index in [0.717, 1.165) is 16.9 Å². The standard InChI is InChI=1S/C22H26O3S/c1-4-22(23)25-20-7-5-6-17(13-26)19(20)12-24-21-11-15(3)14(2)10-18(21)16-8-9-16/h5-7,10-11,16,26H,4,8-9,12-13H2,1-3H3. The highest BCUT2D eigenvalue weighted by molar-refractivity contribution is 7.79. The number of esters is 1. The van der Waals surface area contributed by atoms with E-state index in [2.05, 4.69) is 38.6 Å². The van der Waals surface area contributed by atoms with Crippen LogP contribution in [0.5, 0.6) is 11.5 Å². The average Bonchev–Trinajstić information content (AvgIpc) is 3.47. The number of benzene rings is 2. The first-order valence-corrected chi connectivity index (χ1v) is 9.83. The van der Waals surface area contributed by atoms with Gasteiger partial charge in [0.2, 0.25) is 0 Å². The topological polar surface area (TPSA) is 35.5 Å². The van der Waals surface area contributed by atoms with E-state index < -0.39 is 0 Å². The summed E-state index contributed by atoms with van der Waals surface area (Å²) in [6.45, 7) is 6.40. The van der Waals surface area contributed by atoms with Gasteiger partial charge in [0.05, 0.1) is 0 Å². The third-order valence-electron chi connectivity index (χ3n) is 4.93. The lowest BCUT2D eigenvalue weighted by Gasteiger charge is -2.17. The molecule has 138 valence electrons. The molecule has 0 unspecified atom stereocenters. The van der Waals surface area contributed by atoms with Gasteiger partial charge in [0.15, 0.2) is 0 Å². The van der Waals surface area contributed by atoms with Crippen molar-refractivity contribution in [2.45, 2.75) is 58.3 Å². The first kappa shape index (κ1) is 18.8. The summed E-state index contributed by atoms with van der Waals surface area (Å²) < 4.78 is 11.7. The van der Waals surface area contributed by atoms with Gasteiger partial charge < -0.3 is 9.47 Å². The number of carbonyl (C=O) groups is 1. The predicted molar refractivity (Wildman–Crippen MR) is 107 cm³/mol. The highest BCUT2D eigenvalue weighted by Crippen LogP contribution is 2.45. The lowest BCUT2D eigenvalue weighted by molar-refractivity contribution is -0.134. The normalized spacial score (nSPS) is 13.5. The van der Waals surface area contributed by atoms with Crippen LogP contribution in [0.15, 0.2) is 30.3 Å². The minimum atomic E-state index is -0.243. The number of rotatable bonds is 7. The van der Waals surface area contributed by atoms with Crippen molar-refractivity contribution in [3.8, 4) is 11.5 Å². The zero-order chi connectivity index (χ0) is 18.7. The van der Waals surface area contributed by atoms with Crippen molar-refractivity contribution in [2.75, 3.05) is 0 Å². The Morgan fingerprint density at radius 1 is 1.15 bits per heavy atom. The van der Waals surface area contributed by atoms with E-state index in [4.69, 9.17) is 9.47 Å². The molecule has 0 aromatic heterocycles. The molecule has 0 atom stereocenters. The van der Waals surface area contributed by atoms with Crippen LogP contribution in [0, 0.1) is 13.8 Å². The second-order valence-electron chi connectivity index (χ2n) is 6.92. The van der Waals surface area contributed by atoms with Crippen molar-refractivity contribution >= 4 is 18.6 Å². The maximum Gasteiger partial charge on any atom is 0.310 e. The Balaban J connectivity index is 1.88. The van der Waals surface area contributed by atoms with E-state index in [1.165, 1.54) is 29.5 Å². The molecule has 2 aromatic rings. The first-order valence-electron chi connectivity index (χ1n) is 9.19. The highest BCUT2D eigenvalue weighted by atomic mass is 32.1. The molecule has 1 aliphatic carbocycles. The summed E-state index contributed by atoms with van der Waals surface area (Å²) in [5.41, 5.74) is 5.73. The Morgan fingerprint density at radius 2 is 1.88 bits per heavy atom. The Labute approximate surface area is 161 Å². The van der Waals surface area contributed by atoms with E-state index in [0.29, 0.717) is 30.4 Å². The van der Waals surface area contributed by atoms with Crippen LogP contribution in [-0.4, -0.2) is 5.97 Å². The molecule has 0 heterocycles. The average molecular weight is 371 g/mol. The molecule has 0 saturated heterocycles. The largest absolute Gasteiger partial charge is 0.488 e. The quantitative estimate of drug-likeness (QED) is 0.397. The summed E-state index contributed by atoms with van der Waals surface area (Å²) in [5.74, 6) is 2.45. The summed E-state index contributed by atoms with van der Waals surface area (Å²) >= 11 is 4.42. The Hall–Kier alpha value is -1.94. The summed E-state index contributed by atoms with van der Waals surface area (Å²) in [6.07, 6.45) is 2.80. The molecule has 0 aliphatic heterocycles. The predicted octanol–water partition coefficient (Wildman–Crippen LogP) is 5.51. The Kier molecular flexibility index (Phi) is 5.92. The summed E-state index contributed by atoms with van der Waals surface area (Å²) in [6, 6.07) is 10.1. The van der Waals surface area contributed by atoms with Gasteiger partial charge in [-0.1, -0.05) is 25.1 Å². The fourth-order valence-electron chi connectivity index (χ4n) is 3.01. The zero-order valence-electron chi connectivity index (χ0n) is 15.7. The summed E-state index contributed by atoms with van der Waals surface area (Å²) in [7, 11) is 0. The van der Waals surface area contributed by atoms with Crippen LogP contribution in [0.25, 0.3) is 0 Å². The Bertz CT molecular complexity index is 809. The van der Waals surface area contributed by atoms with E-state index in [9.17, 15) is 4.79 Å². The molecule has 1 fully saturated rings. The van der Waals surface area contributed by atoms with E-state index in [-0.39, 0.29) is 5.97 Å². The van der Waals surface area contributed by atoms with Crippen molar-refractivity contribution in [3.63, 3.8) is 0 Å². The minimum absolute atomic E-state index is 0.243. The molecule has 4 heteroatoms. The van der Waals surface area contributed by atoms with Crippen LogP contribution in [0.1, 0.15) is 59.9 Å². The molecule has 1 saturated carbocycles. The van der Waals surface area contributed by atoms with Crippen LogP contribution in [-0.2, 0) is 17.2 Å². The SMILES string of the molecule is CCC(=O)Oc1cccc(CS)c1COc1cc(C)c(C)cc1C1CC1. The second kappa shape index (κ2) is 8.17. The fourth-order valence-corrected chi connectivity index (χ4v) is 3.31. The molecule has 0 amide bonds. The van der Waals surface area contributed by atoms with Gasteiger partial charge in [0.25, 0.3) is 0 Å². The molecule has 0 spiro atoms. The van der Waals surface area contributed by atoms with E-state index in [1.54, 1.807) is 6.92 Å². The summed E-state index contributed by atoms with van der Waals surface area (Å²) in [5, 5.41) is 0. The number of aryl methyl sites for hydroxylation is 2. The number of ether oxygens (including phenoxy) is 2. The first-order chi connectivity index (χ1) is 12.5. The molecule has 3 rings (SSSR count). The molecule has 0 radical (unpaired) electrons. The second-order valence-corrected chi connectivity index (χ2v) is 7.23. The minimum Gasteiger partial charge on any atom is -0.488 e. The van der Waals surface area contributed by atoms with Gasteiger partial charge in [-0.05, 0) is 67.0 Å². The van der Waals surface area contributed by atoms with Crippen molar-refractivity contribution in [2.24, 2.45) is 0 Å². The molecule has 0 N–H and O–H groups in total. The molecular weight excluding hydrogens is 344 g/mol. The maximum atomic E-state index is 11.8. The number of hydrogen-bond acceptors (Lipinski definition) is 4. The van der Waals surface area contributed by atoms with Crippen molar-refractivity contribution in [1.82, 2.24) is 0 Å². The molecular formula is C22H26O3S. The van der Waals surface area contributed by atoms with E-state index >= 15 is 0 Å². The molecule has 0 bridgehead atoms. The monoisotopic (exact) mass is 370 g/mol. The van der Waals surface area contributed by atoms with E-state index in [1.807, 2.05) is 18.2 Å². The third-order valence-corrected chi connectivity index (χ3v) is 5.27. The number of thiol groups is 1. The van der Waals surface area contributed by atoms with Crippen molar-refractivity contribution < 1.29 is 14.3 Å². The molecule has 1 aliphatic rings. The van der Waals surface area contributed by atoms with Gasteiger partial charge in [0, 0.05) is 17.7 Å². The molecule has 2 aromatic carbocycles. The smallest absolute Gasteiger partial charge is 0.310 e. The van der Waals surface area contributed by atoms with Crippen LogP contribution >= 0.6 is 12.6 Å². The fraction of sp³-hybridized carbons (Fsp3) is 0.409. The van der Waals surface area contributed by atoms with Crippen LogP contribution < -0.4 is 9.47 Å². The highest BCUT2D eigenvalue weighted by Gasteiger charge is 2.27. The van der Waals surface area contributed by atoms with Gasteiger partial charge in [0.1, 0.15) is 18.1 Å². The van der Waals surface area contributed by atoms with Gasteiger partial charge >= 0.3 is 5.97 Å². The van der Waals surface area contributed by atoms with Crippen molar-refractivity contribution in [1.29, 1.82) is 0 Å². The maximum absolute atomic E-state index is 11.8. The third kappa shape index (κ3) is 4.24. The molecule has 26 heavy (non-hydrogen) atoms.